The van der Waals surface area contributed by atoms with Crippen molar-refractivity contribution in [2.75, 3.05) is 90.0 Å². The van der Waals surface area contributed by atoms with Crippen molar-refractivity contribution in [3.05, 3.63) is 110 Å². The van der Waals surface area contributed by atoms with E-state index in [1.54, 1.807) is 76.2 Å². The summed E-state index contributed by atoms with van der Waals surface area (Å²) in [6.07, 6.45) is 0.892. The Morgan fingerprint density at radius 1 is 0.871 bits per heavy atom. The minimum absolute atomic E-state index is 0.0433. The zero-order valence-electron chi connectivity index (χ0n) is 53.7. The number of benzene rings is 3. The lowest BCUT2D eigenvalue weighted by Gasteiger charge is -2.22. The number of fused-ring (bicyclic) bond motifs is 2. The second-order valence-electron chi connectivity index (χ2n) is 21.2. The number of nitrogen functional groups attached to an aromatic ring is 2. The number of rotatable bonds is 39. The average molecular weight is 1560 g/mol. The van der Waals surface area contributed by atoms with Crippen LogP contribution in [0, 0.1) is 11.8 Å². The Hall–Kier alpha value is -7.62. The summed E-state index contributed by atoms with van der Waals surface area (Å²) >= 11 is 0. The normalized spacial score (nSPS) is 15.3. The maximum Gasteiger partial charge on any atom is 0.490 e. The highest BCUT2D eigenvalue weighted by atomic mass is 33.1. The van der Waals surface area contributed by atoms with Gasteiger partial charge in [0, 0.05) is 95.0 Å². The molecule has 1 aromatic heterocycles. The molecule has 3 heterocycles. The summed E-state index contributed by atoms with van der Waals surface area (Å²) in [6, 6.07) is 15.0. The van der Waals surface area contributed by atoms with Gasteiger partial charge in [0.05, 0.1) is 62.9 Å². The van der Waals surface area contributed by atoms with E-state index in [0.717, 1.165) is 17.4 Å². The van der Waals surface area contributed by atoms with Gasteiger partial charge in [-0.25, -0.2) is 28.1 Å². The summed E-state index contributed by atoms with van der Waals surface area (Å²) in [5, 5.41) is 29.3. The van der Waals surface area contributed by atoms with Gasteiger partial charge in [0.25, 0.3) is 0 Å². The Labute approximate surface area is 586 Å². The molecule has 2 unspecified atom stereocenters. The molecule has 3 aliphatic rings. The minimum Gasteiger partial charge on any atom is -0.478 e. The molecule has 0 radical (unpaired) electrons. The number of ether oxygens (including phenoxy) is 6. The maximum atomic E-state index is 12.9. The van der Waals surface area contributed by atoms with Crippen LogP contribution in [0.5, 0.6) is 0 Å². The van der Waals surface area contributed by atoms with Crippen LogP contribution in [0.4, 0.5) is 16.3 Å². The smallest absolute Gasteiger partial charge is 0.478 e. The van der Waals surface area contributed by atoms with Gasteiger partial charge in [-0.15, -0.1) is 25.3 Å². The molecular formula is C55H73N11O28P3S4+. The number of urea groups is 1. The van der Waals surface area contributed by atoms with Gasteiger partial charge in [0.2, 0.25) is 0 Å². The number of aromatic nitrogens is 2. The predicted octanol–water partition coefficient (Wildman–Crippen LogP) is 3.52. The van der Waals surface area contributed by atoms with E-state index in [2.05, 4.69) is 76.4 Å². The highest BCUT2D eigenvalue weighted by Gasteiger charge is 2.44. The molecule has 0 saturated carbocycles. The van der Waals surface area contributed by atoms with Crippen molar-refractivity contribution in [3.8, 4) is 34.3 Å². The molecule has 2 aromatic carbocycles. The van der Waals surface area contributed by atoms with Crippen molar-refractivity contribution in [3.63, 3.8) is 0 Å². The van der Waals surface area contributed by atoms with Gasteiger partial charge in [0.15, 0.2) is 5.36 Å². The number of carbonyl (C=O) groups excluding carboxylic acids is 2. The van der Waals surface area contributed by atoms with Crippen LogP contribution < -0.4 is 43.9 Å². The van der Waals surface area contributed by atoms with E-state index in [1.807, 2.05) is 0 Å². The second-order valence-corrected chi connectivity index (χ2v) is 29.4. The molecule has 46 heteroatoms. The van der Waals surface area contributed by atoms with Crippen LogP contribution in [-0.2, 0) is 81.3 Å². The Kier molecular flexibility index (Phi) is 36.3. The molecule has 1 aliphatic carbocycles. The standard InChI is InChI=1S/C55H72N11O22P3S2.2O3S/c1-35(36-11-14-40(52(68)69)43(27-36)50-41-15-12-38(56)28-44(41)85-45-29-39(57)13-16-42(45)50)60-20-24-80-26-25-79-22-8-10-49(67)82-23-17-55(2,3)93-92-34-81-21-6-4-5-18-61-53(70)62-19-7-9-37-31-66(54(71)64-51(37)58)48-30-46(83-33-63-65-59)47(86-48)32-84-90(75,76)88-91(77,78)87-89(72,73)74;2*1-4(2)3/h11-16,27-29,31,46-48,56,60H,1,4-6,8,10,17-26,30,32-34,57H2,2-3H3,(H,68,69)(H,75,76)(H,77,78)(H2,58,64,71)(H2,61,62,70)(H2,72,73,74);;/p+1/t46-,47-,48-;;/m1../s1. The molecule has 0 spiro atoms. The van der Waals surface area contributed by atoms with Crippen LogP contribution in [0.15, 0.2) is 81.7 Å². The molecule has 0 bridgehead atoms. The van der Waals surface area contributed by atoms with Crippen LogP contribution in [0.2, 0.25) is 0 Å². The highest BCUT2D eigenvalue weighted by Crippen LogP contribution is 2.66. The zero-order valence-corrected chi connectivity index (χ0v) is 59.7. The zero-order chi connectivity index (χ0) is 74.9. The monoisotopic (exact) mass is 1560 g/mol. The number of hydrogen-bond acceptors (Lipinski definition) is 30. The fourth-order valence-corrected chi connectivity index (χ4v) is 14.1. The number of carbonyl (C=O) groups is 3. The minimum atomic E-state index is -5.82. The lowest BCUT2D eigenvalue weighted by atomic mass is 9.89. The number of nitrogens with zero attached hydrogens (tertiary/aromatic N) is 5. The van der Waals surface area contributed by atoms with Crippen molar-refractivity contribution >= 4 is 112 Å². The van der Waals surface area contributed by atoms with Gasteiger partial charge < -0.3 is 84.9 Å². The van der Waals surface area contributed by atoms with Crippen molar-refractivity contribution in [2.45, 2.75) is 82.0 Å². The van der Waals surface area contributed by atoms with Gasteiger partial charge in [-0.3, -0.25) is 19.3 Å². The number of aromatic carboxylic acids is 1. The summed E-state index contributed by atoms with van der Waals surface area (Å²) in [6.45, 7) is 9.66. The molecular weight excluding hydrogens is 1480 g/mol. The number of unbranched alkanes of at least 4 members (excludes halogenated alkanes) is 2. The molecule has 14 N–H and O–H groups in total. The number of anilines is 2. The van der Waals surface area contributed by atoms with E-state index in [1.165, 1.54) is 6.20 Å². The number of hydrogen-bond donors (Lipinski definition) is 11. The van der Waals surface area contributed by atoms with Crippen molar-refractivity contribution in [1.82, 2.24) is 25.5 Å². The number of azide groups is 1. The number of nitrogens with two attached hydrogens (primary N) is 3. The fraction of sp³-hybridized carbons (Fsp3) is 0.455. The number of nitrogens with one attached hydrogen (secondary N) is 3. The summed E-state index contributed by atoms with van der Waals surface area (Å²) in [4.78, 5) is 93.3. The van der Waals surface area contributed by atoms with E-state index < -0.39 is 94.1 Å². The first-order valence-corrected chi connectivity index (χ1v) is 38.3. The third-order valence-corrected chi connectivity index (χ3v) is 20.0. The van der Waals surface area contributed by atoms with Crippen LogP contribution in [0.3, 0.4) is 0 Å². The summed E-state index contributed by atoms with van der Waals surface area (Å²) < 4.78 is 138. The third-order valence-electron chi connectivity index (χ3n) is 13.2. The van der Waals surface area contributed by atoms with Crippen LogP contribution in [0.1, 0.15) is 86.5 Å². The maximum absolute atomic E-state index is 12.9. The number of esters is 1. The molecule has 3 aromatic rings. The Morgan fingerprint density at radius 3 is 2.27 bits per heavy atom. The Balaban J connectivity index is 0.00000256. The van der Waals surface area contributed by atoms with E-state index in [4.69, 9.17) is 90.3 Å². The van der Waals surface area contributed by atoms with Gasteiger partial charge in [-0.1, -0.05) is 51.2 Å². The van der Waals surface area contributed by atoms with E-state index >= 15 is 0 Å². The van der Waals surface area contributed by atoms with Crippen LogP contribution >= 0.6 is 45.1 Å². The molecule has 554 valence electrons. The quantitative estimate of drug-likeness (QED) is 0.00229. The first kappa shape index (κ1) is 85.8. The van der Waals surface area contributed by atoms with Gasteiger partial charge in [0.1, 0.15) is 42.2 Å². The molecule has 1 saturated heterocycles. The highest BCUT2D eigenvalue weighted by molar-refractivity contribution is 8.77. The molecule has 6 rings (SSSR count). The number of carboxylic acids is 1. The first-order valence-electron chi connectivity index (χ1n) is 29.4. The first-order chi connectivity index (χ1) is 47.6. The molecule has 39 nitrogen and oxygen atoms in total. The summed E-state index contributed by atoms with van der Waals surface area (Å²) in [7, 11) is -20.1. The molecule has 1 fully saturated rings. The summed E-state index contributed by atoms with van der Waals surface area (Å²) in [5.41, 5.74) is 23.9. The van der Waals surface area contributed by atoms with Gasteiger partial charge in [-0.2, -0.15) is 13.6 Å². The molecule has 2 amide bonds. The lowest BCUT2D eigenvalue weighted by molar-refractivity contribution is -0.172. The number of carboxylic acid groups (broad SMARTS) is 1. The third kappa shape index (κ3) is 32.9. The molecule has 5 atom stereocenters. The fourth-order valence-electron chi connectivity index (χ4n) is 8.80. The number of phosphoric acid groups is 3. The lowest BCUT2D eigenvalue weighted by Crippen LogP contribution is -2.44. The Morgan fingerprint density at radius 2 is 1.57 bits per heavy atom. The van der Waals surface area contributed by atoms with Gasteiger partial charge in [-0.05, 0) is 92.9 Å². The topological polar surface area (TPSA) is 600 Å². The van der Waals surface area contributed by atoms with Crippen LogP contribution in [-0.4, -0.2) is 173 Å². The number of phosphoric ester groups is 1. The van der Waals surface area contributed by atoms with E-state index in [9.17, 15) is 47.8 Å². The predicted molar refractivity (Wildman–Crippen MR) is 360 cm³/mol. The van der Waals surface area contributed by atoms with Crippen LogP contribution in [0.25, 0.3) is 49.6 Å². The Bertz CT molecular complexity index is 4250. The largest absolute Gasteiger partial charge is 0.490 e. The second kappa shape index (κ2) is 42.7. The molecule has 2 aliphatic heterocycles. The number of amides is 2. The van der Waals surface area contributed by atoms with E-state index in [0.29, 0.717) is 127 Å². The van der Waals surface area contributed by atoms with Crippen molar-refractivity contribution in [1.29, 1.82) is 0 Å². The van der Waals surface area contributed by atoms with Gasteiger partial charge >= 0.3 is 68.3 Å². The summed E-state index contributed by atoms with van der Waals surface area (Å²) in [5.74, 6) is 4.68. The van der Waals surface area contributed by atoms with E-state index in [-0.39, 0.29) is 53.7 Å². The average Bonchev–Trinajstić information content (AvgIpc) is 1.34. The van der Waals surface area contributed by atoms with Crippen molar-refractivity contribution < 1.29 is 129 Å². The molecule has 101 heavy (non-hydrogen) atoms. The van der Waals surface area contributed by atoms with Crippen molar-refractivity contribution in [2.24, 2.45) is 5.11 Å². The SMILES string of the molecule is C=C(NCCOCCOCCCC(=O)OCCC(C)(C)SSCOCCCCCNC(=O)NCC#Cc1cn([C@H]2C[C@@H](OCN=[N+]=[N-])[C@@H](COP(=O)(O)OP(=O)(O)OP(=O)(O)O)O2)c(=O)nc1N)c1ccc(C(=O)O)c(-c2c3ccc(=[NH2+])cc-3oc3cc(N)ccc23)c1.O=S(=O)=O.O=S(=O)=O.